The molecule has 0 fully saturated rings. The summed E-state index contributed by atoms with van der Waals surface area (Å²) >= 11 is 0. The average Bonchev–Trinajstić information content (AvgIpc) is 2.08. The minimum Gasteiger partial charge on any atom is -0.399 e. The minimum absolute atomic E-state index is 0.245. The van der Waals surface area contributed by atoms with E-state index in [1.807, 2.05) is 0 Å². The van der Waals surface area contributed by atoms with Crippen LogP contribution in [0.3, 0.4) is 0 Å². The zero-order valence-electron chi connectivity index (χ0n) is 7.37. The van der Waals surface area contributed by atoms with E-state index in [2.05, 4.69) is 0 Å². The molecule has 1 rings (SSSR count). The third kappa shape index (κ3) is 2.17. The van der Waals surface area contributed by atoms with Gasteiger partial charge in [0.15, 0.2) is 0 Å². The van der Waals surface area contributed by atoms with Crippen molar-refractivity contribution in [2.75, 3.05) is 5.73 Å². The van der Waals surface area contributed by atoms with E-state index < -0.39 is 18.0 Å². The molecule has 0 aliphatic rings. The van der Waals surface area contributed by atoms with Gasteiger partial charge in [0.05, 0.1) is 12.1 Å². The standard InChI is InChI=1S/C9H13FN2O/c1-5(13)9(12)7-4-6(11)2-3-8(7)10/h2-5,9,13H,11-12H2,1H3. The highest BCUT2D eigenvalue weighted by atomic mass is 19.1. The Morgan fingerprint density at radius 1 is 1.46 bits per heavy atom. The molecule has 3 nitrogen and oxygen atoms in total. The first-order chi connectivity index (χ1) is 6.02. The molecule has 4 heteroatoms. The lowest BCUT2D eigenvalue weighted by Gasteiger charge is -2.16. The van der Waals surface area contributed by atoms with Crippen molar-refractivity contribution >= 4 is 5.69 Å². The predicted molar refractivity (Wildman–Crippen MR) is 49.4 cm³/mol. The van der Waals surface area contributed by atoms with E-state index in [0.29, 0.717) is 5.69 Å². The van der Waals surface area contributed by atoms with Crippen molar-refractivity contribution in [3.63, 3.8) is 0 Å². The molecule has 0 aliphatic carbocycles. The van der Waals surface area contributed by atoms with Crippen LogP contribution in [-0.2, 0) is 0 Å². The Morgan fingerprint density at radius 2 is 2.08 bits per heavy atom. The van der Waals surface area contributed by atoms with Crippen LogP contribution in [0.25, 0.3) is 0 Å². The molecule has 0 saturated carbocycles. The number of anilines is 1. The Bertz CT molecular complexity index is 302. The molecular weight excluding hydrogens is 171 g/mol. The highest BCUT2D eigenvalue weighted by Crippen LogP contribution is 2.20. The lowest BCUT2D eigenvalue weighted by molar-refractivity contribution is 0.162. The first kappa shape index (κ1) is 9.95. The van der Waals surface area contributed by atoms with Gasteiger partial charge in [0, 0.05) is 11.3 Å². The highest BCUT2D eigenvalue weighted by Gasteiger charge is 2.16. The van der Waals surface area contributed by atoms with Gasteiger partial charge < -0.3 is 16.6 Å². The second kappa shape index (κ2) is 3.72. The maximum atomic E-state index is 13.1. The molecule has 0 bridgehead atoms. The lowest BCUT2D eigenvalue weighted by atomic mass is 10.0. The summed E-state index contributed by atoms with van der Waals surface area (Å²) in [5, 5.41) is 9.16. The molecule has 2 atom stereocenters. The average molecular weight is 184 g/mol. The summed E-state index contributed by atoms with van der Waals surface area (Å²) in [5.41, 5.74) is 11.7. The quantitative estimate of drug-likeness (QED) is 0.595. The summed E-state index contributed by atoms with van der Waals surface area (Å²) in [5.74, 6) is -0.442. The molecule has 1 aromatic rings. The molecule has 0 aromatic heterocycles. The molecule has 72 valence electrons. The normalized spacial score (nSPS) is 15.4. The van der Waals surface area contributed by atoms with Gasteiger partial charge in [-0.3, -0.25) is 0 Å². The SMILES string of the molecule is CC(O)C(N)c1cc(N)ccc1F. The van der Waals surface area contributed by atoms with Gasteiger partial charge in [-0.05, 0) is 25.1 Å². The van der Waals surface area contributed by atoms with E-state index in [9.17, 15) is 4.39 Å². The summed E-state index contributed by atoms with van der Waals surface area (Å²) in [6.07, 6.45) is -0.795. The summed E-state index contributed by atoms with van der Waals surface area (Å²) in [6.45, 7) is 1.51. The van der Waals surface area contributed by atoms with Crippen LogP contribution in [-0.4, -0.2) is 11.2 Å². The van der Waals surface area contributed by atoms with E-state index in [4.69, 9.17) is 16.6 Å². The fraction of sp³-hybridized carbons (Fsp3) is 0.333. The maximum Gasteiger partial charge on any atom is 0.128 e. The smallest absolute Gasteiger partial charge is 0.128 e. The van der Waals surface area contributed by atoms with Crippen LogP contribution in [0.4, 0.5) is 10.1 Å². The Labute approximate surface area is 76.2 Å². The number of benzene rings is 1. The fourth-order valence-electron chi connectivity index (χ4n) is 1.08. The van der Waals surface area contributed by atoms with Crippen LogP contribution < -0.4 is 11.5 Å². The predicted octanol–water partition coefficient (Wildman–Crippen LogP) is 0.788. The molecular formula is C9H13FN2O. The topological polar surface area (TPSA) is 72.3 Å². The van der Waals surface area contributed by atoms with Crippen molar-refractivity contribution in [2.45, 2.75) is 19.1 Å². The van der Waals surface area contributed by atoms with Crippen molar-refractivity contribution in [2.24, 2.45) is 5.73 Å². The van der Waals surface area contributed by atoms with Crippen molar-refractivity contribution in [3.05, 3.63) is 29.6 Å². The van der Waals surface area contributed by atoms with Gasteiger partial charge in [-0.15, -0.1) is 0 Å². The summed E-state index contributed by atoms with van der Waals surface area (Å²) < 4.78 is 13.1. The number of aliphatic hydroxyl groups is 1. The molecule has 0 radical (unpaired) electrons. The van der Waals surface area contributed by atoms with Crippen molar-refractivity contribution in [3.8, 4) is 0 Å². The number of hydrogen-bond donors (Lipinski definition) is 3. The summed E-state index contributed by atoms with van der Waals surface area (Å²) in [4.78, 5) is 0. The third-order valence-corrected chi connectivity index (χ3v) is 1.90. The molecule has 0 heterocycles. The second-order valence-corrected chi connectivity index (χ2v) is 3.05. The third-order valence-electron chi connectivity index (χ3n) is 1.90. The van der Waals surface area contributed by atoms with E-state index in [1.165, 1.54) is 25.1 Å². The fourth-order valence-corrected chi connectivity index (χ4v) is 1.08. The first-order valence-corrected chi connectivity index (χ1v) is 4.01. The van der Waals surface area contributed by atoms with Gasteiger partial charge in [0.1, 0.15) is 5.82 Å². The first-order valence-electron chi connectivity index (χ1n) is 4.01. The van der Waals surface area contributed by atoms with E-state index >= 15 is 0 Å². The lowest BCUT2D eigenvalue weighted by Crippen LogP contribution is -2.24. The van der Waals surface area contributed by atoms with Crippen LogP contribution in [0, 0.1) is 5.82 Å². The molecule has 1 aromatic carbocycles. The number of halogens is 1. The van der Waals surface area contributed by atoms with Gasteiger partial charge in [0.25, 0.3) is 0 Å². The van der Waals surface area contributed by atoms with E-state index in [0.717, 1.165) is 0 Å². The van der Waals surface area contributed by atoms with Crippen molar-refractivity contribution in [1.29, 1.82) is 0 Å². The summed E-state index contributed by atoms with van der Waals surface area (Å²) in [7, 11) is 0. The van der Waals surface area contributed by atoms with Crippen molar-refractivity contribution < 1.29 is 9.50 Å². The van der Waals surface area contributed by atoms with Crippen molar-refractivity contribution in [1.82, 2.24) is 0 Å². The zero-order chi connectivity index (χ0) is 10.0. The Kier molecular flexibility index (Phi) is 2.85. The van der Waals surface area contributed by atoms with Gasteiger partial charge in [-0.25, -0.2) is 4.39 Å². The number of rotatable bonds is 2. The largest absolute Gasteiger partial charge is 0.399 e. The highest BCUT2D eigenvalue weighted by molar-refractivity contribution is 5.42. The number of hydrogen-bond acceptors (Lipinski definition) is 3. The molecule has 13 heavy (non-hydrogen) atoms. The molecule has 5 N–H and O–H groups in total. The van der Waals surface area contributed by atoms with Crippen LogP contribution in [0.1, 0.15) is 18.5 Å². The van der Waals surface area contributed by atoms with Crippen LogP contribution in [0.15, 0.2) is 18.2 Å². The van der Waals surface area contributed by atoms with Crippen LogP contribution in [0.2, 0.25) is 0 Å². The molecule has 2 unspecified atom stereocenters. The molecule has 0 saturated heterocycles. The minimum atomic E-state index is -0.795. The van der Waals surface area contributed by atoms with E-state index in [1.54, 1.807) is 0 Å². The van der Waals surface area contributed by atoms with Gasteiger partial charge >= 0.3 is 0 Å². The number of aliphatic hydroxyl groups excluding tert-OH is 1. The van der Waals surface area contributed by atoms with Gasteiger partial charge in [-0.1, -0.05) is 0 Å². The van der Waals surface area contributed by atoms with Crippen LogP contribution in [0.5, 0.6) is 0 Å². The maximum absolute atomic E-state index is 13.1. The zero-order valence-corrected chi connectivity index (χ0v) is 7.37. The second-order valence-electron chi connectivity index (χ2n) is 3.05. The van der Waals surface area contributed by atoms with Crippen LogP contribution >= 0.6 is 0 Å². The molecule has 0 amide bonds. The van der Waals surface area contributed by atoms with E-state index in [-0.39, 0.29) is 5.56 Å². The number of nitrogens with two attached hydrogens (primary N) is 2. The van der Waals surface area contributed by atoms with Gasteiger partial charge in [-0.2, -0.15) is 0 Å². The number of nitrogen functional groups attached to an aromatic ring is 1. The summed E-state index contributed by atoms with van der Waals surface area (Å²) in [6, 6.07) is 3.40. The Balaban J connectivity index is 3.05. The molecule has 0 aliphatic heterocycles. The Morgan fingerprint density at radius 3 is 2.62 bits per heavy atom. The molecule has 0 spiro atoms. The van der Waals surface area contributed by atoms with Gasteiger partial charge in [0.2, 0.25) is 0 Å². The monoisotopic (exact) mass is 184 g/mol. The Hall–Kier alpha value is -1.13.